The van der Waals surface area contributed by atoms with E-state index in [2.05, 4.69) is 4.98 Å². The zero-order valence-corrected chi connectivity index (χ0v) is 11.3. The molecule has 1 aromatic heterocycles. The highest BCUT2D eigenvalue weighted by Gasteiger charge is 2.16. The fourth-order valence-electron chi connectivity index (χ4n) is 1.56. The fourth-order valence-corrected chi connectivity index (χ4v) is 2.28. The Balaban J connectivity index is 2.18. The highest BCUT2D eigenvalue weighted by Crippen LogP contribution is 2.23. The van der Waals surface area contributed by atoms with Gasteiger partial charge < -0.3 is 10.6 Å². The average Bonchev–Trinajstić information content (AvgIpc) is 2.84. The molecule has 1 heterocycles. The molecule has 2 rings (SSSR count). The van der Waals surface area contributed by atoms with E-state index in [1.807, 2.05) is 5.38 Å². The van der Waals surface area contributed by atoms with Gasteiger partial charge in [0, 0.05) is 12.4 Å². The summed E-state index contributed by atoms with van der Waals surface area (Å²) in [6.45, 7) is 0.453. The zero-order valence-electron chi connectivity index (χ0n) is 9.76. The number of benzene rings is 1. The van der Waals surface area contributed by atoms with Crippen LogP contribution in [0.2, 0.25) is 5.02 Å². The van der Waals surface area contributed by atoms with Crippen molar-refractivity contribution in [2.45, 2.75) is 6.54 Å². The number of hydrogen-bond acceptors (Lipinski definition) is 4. The third kappa shape index (κ3) is 2.63. The van der Waals surface area contributed by atoms with Crippen molar-refractivity contribution in [3.63, 3.8) is 0 Å². The molecular formula is C12H12ClN3OS. The van der Waals surface area contributed by atoms with Crippen molar-refractivity contribution in [3.05, 3.63) is 45.4 Å². The maximum atomic E-state index is 12.2. The monoisotopic (exact) mass is 281 g/mol. The number of carbonyl (C=O) groups is 1. The Bertz CT molecular complexity index is 556. The van der Waals surface area contributed by atoms with E-state index in [1.54, 1.807) is 35.7 Å². The summed E-state index contributed by atoms with van der Waals surface area (Å²) in [6.07, 6.45) is 0. The van der Waals surface area contributed by atoms with Crippen LogP contribution >= 0.6 is 22.9 Å². The molecule has 2 N–H and O–H groups in total. The molecule has 0 unspecified atom stereocenters. The fraction of sp³-hybridized carbons (Fsp3) is 0.167. The number of nitrogens with two attached hydrogens (primary N) is 1. The Morgan fingerprint density at radius 3 is 3.00 bits per heavy atom. The summed E-state index contributed by atoms with van der Waals surface area (Å²) >= 11 is 7.40. The zero-order chi connectivity index (χ0) is 13.1. The van der Waals surface area contributed by atoms with E-state index in [0.29, 0.717) is 22.8 Å². The number of halogens is 1. The summed E-state index contributed by atoms with van der Waals surface area (Å²) in [6, 6.07) is 5.04. The predicted molar refractivity (Wildman–Crippen MR) is 73.8 cm³/mol. The molecule has 0 atom stereocenters. The molecule has 0 saturated heterocycles. The van der Waals surface area contributed by atoms with Crippen LogP contribution in [-0.4, -0.2) is 22.8 Å². The first-order chi connectivity index (χ1) is 8.59. The Morgan fingerprint density at radius 1 is 1.56 bits per heavy atom. The largest absolute Gasteiger partial charge is 0.397 e. The van der Waals surface area contributed by atoms with E-state index >= 15 is 0 Å². The van der Waals surface area contributed by atoms with Crippen LogP contribution in [0.5, 0.6) is 0 Å². The number of anilines is 1. The summed E-state index contributed by atoms with van der Waals surface area (Å²) < 4.78 is 0. The molecule has 0 bridgehead atoms. The summed E-state index contributed by atoms with van der Waals surface area (Å²) in [7, 11) is 1.71. The van der Waals surface area contributed by atoms with E-state index in [9.17, 15) is 4.79 Å². The lowest BCUT2D eigenvalue weighted by Gasteiger charge is -2.17. The van der Waals surface area contributed by atoms with Crippen molar-refractivity contribution in [2.24, 2.45) is 0 Å². The van der Waals surface area contributed by atoms with Gasteiger partial charge in [-0.15, -0.1) is 11.3 Å². The molecule has 18 heavy (non-hydrogen) atoms. The van der Waals surface area contributed by atoms with Crippen LogP contribution in [0, 0.1) is 0 Å². The van der Waals surface area contributed by atoms with E-state index in [1.165, 1.54) is 11.3 Å². The van der Waals surface area contributed by atoms with Gasteiger partial charge in [-0.1, -0.05) is 17.7 Å². The molecule has 1 aromatic carbocycles. The lowest BCUT2D eigenvalue weighted by Crippen LogP contribution is -2.27. The quantitative estimate of drug-likeness (QED) is 0.880. The minimum Gasteiger partial charge on any atom is -0.397 e. The third-order valence-electron chi connectivity index (χ3n) is 2.51. The molecule has 0 saturated carbocycles. The number of amides is 1. The molecule has 0 aliphatic rings. The second-order valence-corrected chi connectivity index (χ2v) is 4.97. The van der Waals surface area contributed by atoms with Gasteiger partial charge in [0.25, 0.3) is 5.91 Å². The van der Waals surface area contributed by atoms with Crippen molar-refractivity contribution in [2.75, 3.05) is 12.8 Å². The first-order valence-electron chi connectivity index (χ1n) is 5.26. The van der Waals surface area contributed by atoms with Gasteiger partial charge in [-0.25, -0.2) is 4.98 Å². The van der Waals surface area contributed by atoms with Crippen LogP contribution in [0.4, 0.5) is 5.69 Å². The van der Waals surface area contributed by atoms with Gasteiger partial charge in [-0.2, -0.15) is 0 Å². The number of aromatic nitrogens is 1. The van der Waals surface area contributed by atoms with Crippen molar-refractivity contribution < 1.29 is 4.79 Å². The molecule has 0 aliphatic carbocycles. The van der Waals surface area contributed by atoms with Gasteiger partial charge >= 0.3 is 0 Å². The molecule has 0 spiro atoms. The average molecular weight is 282 g/mol. The minimum atomic E-state index is -0.164. The highest BCUT2D eigenvalue weighted by atomic mass is 35.5. The SMILES string of the molecule is CN(Cc1cscn1)C(=O)c1cccc(Cl)c1N. The van der Waals surface area contributed by atoms with Crippen LogP contribution < -0.4 is 5.73 Å². The second-order valence-electron chi connectivity index (χ2n) is 3.84. The summed E-state index contributed by atoms with van der Waals surface area (Å²) in [5, 5.41) is 2.30. The molecule has 94 valence electrons. The molecule has 4 nitrogen and oxygen atoms in total. The summed E-state index contributed by atoms with van der Waals surface area (Å²) in [5.74, 6) is -0.164. The van der Waals surface area contributed by atoms with Crippen molar-refractivity contribution in [1.29, 1.82) is 0 Å². The standard InChI is InChI=1S/C12H12ClN3OS/c1-16(5-8-6-18-7-15-8)12(17)9-3-2-4-10(13)11(9)14/h2-4,6-7H,5,14H2,1H3. The Labute approximate surface area is 114 Å². The van der Waals surface area contributed by atoms with Gasteiger partial charge in [0.1, 0.15) is 0 Å². The van der Waals surface area contributed by atoms with Crippen LogP contribution in [0.15, 0.2) is 29.1 Å². The molecule has 0 radical (unpaired) electrons. The summed E-state index contributed by atoms with van der Waals surface area (Å²) in [5.41, 5.74) is 9.13. The van der Waals surface area contributed by atoms with Crippen LogP contribution in [0.25, 0.3) is 0 Å². The Morgan fingerprint density at radius 2 is 2.33 bits per heavy atom. The van der Waals surface area contributed by atoms with Gasteiger partial charge in [-0.05, 0) is 12.1 Å². The normalized spacial score (nSPS) is 10.3. The first kappa shape index (κ1) is 12.9. The number of nitrogen functional groups attached to an aromatic ring is 1. The smallest absolute Gasteiger partial charge is 0.256 e. The lowest BCUT2D eigenvalue weighted by molar-refractivity contribution is 0.0784. The number of thiazole rings is 1. The van der Waals surface area contributed by atoms with Gasteiger partial charge in [0.15, 0.2) is 0 Å². The highest BCUT2D eigenvalue weighted by molar-refractivity contribution is 7.07. The van der Waals surface area contributed by atoms with Gasteiger partial charge in [-0.3, -0.25) is 4.79 Å². The third-order valence-corrected chi connectivity index (χ3v) is 3.48. The second kappa shape index (κ2) is 5.37. The number of rotatable bonds is 3. The Kier molecular flexibility index (Phi) is 3.84. The van der Waals surface area contributed by atoms with Crippen molar-refractivity contribution in [3.8, 4) is 0 Å². The number of carbonyl (C=O) groups excluding carboxylic acids is 1. The Hall–Kier alpha value is -1.59. The maximum Gasteiger partial charge on any atom is 0.256 e. The van der Waals surface area contributed by atoms with Gasteiger partial charge in [0.2, 0.25) is 0 Å². The molecular weight excluding hydrogens is 270 g/mol. The van der Waals surface area contributed by atoms with E-state index in [-0.39, 0.29) is 5.91 Å². The first-order valence-corrected chi connectivity index (χ1v) is 6.58. The molecule has 0 aliphatic heterocycles. The lowest BCUT2D eigenvalue weighted by atomic mass is 10.1. The maximum absolute atomic E-state index is 12.2. The summed E-state index contributed by atoms with van der Waals surface area (Å²) in [4.78, 5) is 17.9. The number of nitrogens with zero attached hydrogens (tertiary/aromatic N) is 2. The molecule has 2 aromatic rings. The van der Waals surface area contributed by atoms with Crippen molar-refractivity contribution in [1.82, 2.24) is 9.88 Å². The molecule has 1 amide bonds. The molecule has 6 heteroatoms. The molecule has 0 fully saturated rings. The minimum absolute atomic E-state index is 0.164. The van der Waals surface area contributed by atoms with E-state index in [4.69, 9.17) is 17.3 Å². The number of para-hydroxylation sites is 1. The van der Waals surface area contributed by atoms with Crippen LogP contribution in [0.1, 0.15) is 16.1 Å². The van der Waals surface area contributed by atoms with Crippen molar-refractivity contribution >= 4 is 34.5 Å². The number of hydrogen-bond donors (Lipinski definition) is 1. The topological polar surface area (TPSA) is 59.2 Å². The van der Waals surface area contributed by atoms with E-state index in [0.717, 1.165) is 5.69 Å². The van der Waals surface area contributed by atoms with Crippen LogP contribution in [-0.2, 0) is 6.54 Å². The van der Waals surface area contributed by atoms with Crippen LogP contribution in [0.3, 0.4) is 0 Å². The van der Waals surface area contributed by atoms with E-state index < -0.39 is 0 Å². The predicted octanol–water partition coefficient (Wildman–Crippen LogP) is 2.65. The van der Waals surface area contributed by atoms with Gasteiger partial charge in [0.05, 0.1) is 34.0 Å².